The van der Waals surface area contributed by atoms with Gasteiger partial charge < -0.3 is 4.57 Å². The average molecular weight is 422 g/mol. The number of aromatic nitrogens is 1. The van der Waals surface area contributed by atoms with Gasteiger partial charge in [-0.15, -0.1) is 11.3 Å². The molecule has 0 bridgehead atoms. The third-order valence-electron chi connectivity index (χ3n) is 3.96. The minimum atomic E-state index is -3.65. The molecule has 0 fully saturated rings. The molecule has 0 radical (unpaired) electrons. The molecule has 0 unspecified atom stereocenters. The van der Waals surface area contributed by atoms with Gasteiger partial charge in [0, 0.05) is 24.5 Å². The number of para-hydroxylation sites is 1. The summed E-state index contributed by atoms with van der Waals surface area (Å²) < 4.78 is 29.5. The Bertz CT molecular complexity index is 1100. The van der Waals surface area contributed by atoms with E-state index in [0.29, 0.717) is 13.0 Å². The highest BCUT2D eigenvalue weighted by atomic mass is 35.5. The molecular weight excluding hydrogens is 402 g/mol. The molecule has 0 aliphatic carbocycles. The summed E-state index contributed by atoms with van der Waals surface area (Å²) in [6.45, 7) is 2.28. The number of nitrogens with one attached hydrogen (secondary N) is 1. The molecule has 27 heavy (non-hydrogen) atoms. The molecule has 0 saturated heterocycles. The second-order valence-corrected chi connectivity index (χ2v) is 8.93. The Balaban J connectivity index is 2.04. The van der Waals surface area contributed by atoms with E-state index in [1.54, 1.807) is 12.1 Å². The largest absolute Gasteiger partial charge is 0.320 e. The van der Waals surface area contributed by atoms with Crippen LogP contribution in [0.4, 0.5) is 5.69 Å². The Kier molecular flexibility index (Phi) is 6.16. The van der Waals surface area contributed by atoms with Crippen LogP contribution < -0.4 is 9.52 Å². The monoisotopic (exact) mass is 421 g/mol. The van der Waals surface area contributed by atoms with E-state index < -0.39 is 10.0 Å². The number of sulfonamides is 1. The fourth-order valence-corrected chi connectivity index (χ4v) is 5.11. The zero-order chi connectivity index (χ0) is 19.4. The van der Waals surface area contributed by atoms with Crippen LogP contribution in [0.3, 0.4) is 0 Å². The van der Waals surface area contributed by atoms with Gasteiger partial charge in [0.1, 0.15) is 4.90 Å². The van der Waals surface area contributed by atoms with Crippen molar-refractivity contribution in [3.8, 4) is 11.3 Å². The fourth-order valence-electron chi connectivity index (χ4n) is 2.53. The SMILES string of the molecule is CCCNS(=O)(=O)c1cc(-c2csc(=Nc3ccccc3)n2C)ccc1Cl. The van der Waals surface area contributed by atoms with E-state index in [1.807, 2.05) is 60.3 Å². The molecule has 0 atom stereocenters. The Morgan fingerprint density at radius 3 is 2.63 bits per heavy atom. The van der Waals surface area contributed by atoms with Gasteiger partial charge in [-0.2, -0.15) is 0 Å². The van der Waals surface area contributed by atoms with Crippen molar-refractivity contribution >= 4 is 38.6 Å². The molecule has 3 aromatic rings. The minimum absolute atomic E-state index is 0.0860. The maximum Gasteiger partial charge on any atom is 0.242 e. The summed E-state index contributed by atoms with van der Waals surface area (Å²) in [5.41, 5.74) is 2.51. The second kappa shape index (κ2) is 8.39. The molecule has 0 aliphatic rings. The molecule has 5 nitrogen and oxygen atoms in total. The lowest BCUT2D eigenvalue weighted by atomic mass is 10.2. The molecule has 1 aromatic heterocycles. The van der Waals surface area contributed by atoms with Crippen LogP contribution in [0.15, 0.2) is 63.8 Å². The highest BCUT2D eigenvalue weighted by Gasteiger charge is 2.19. The van der Waals surface area contributed by atoms with Crippen molar-refractivity contribution in [1.82, 2.24) is 9.29 Å². The lowest BCUT2D eigenvalue weighted by molar-refractivity contribution is 0.581. The van der Waals surface area contributed by atoms with Gasteiger partial charge in [-0.3, -0.25) is 0 Å². The van der Waals surface area contributed by atoms with Crippen LogP contribution in [0.1, 0.15) is 13.3 Å². The maximum atomic E-state index is 12.5. The summed E-state index contributed by atoms with van der Waals surface area (Å²) in [7, 11) is -1.74. The van der Waals surface area contributed by atoms with Gasteiger partial charge in [0.15, 0.2) is 4.80 Å². The first-order chi connectivity index (χ1) is 12.9. The number of hydrogen-bond donors (Lipinski definition) is 1. The predicted molar refractivity (Wildman–Crippen MR) is 111 cm³/mol. The first-order valence-corrected chi connectivity index (χ1v) is 11.2. The summed E-state index contributed by atoms with van der Waals surface area (Å²) in [5.74, 6) is 0. The summed E-state index contributed by atoms with van der Waals surface area (Å²) in [6, 6.07) is 14.7. The third kappa shape index (κ3) is 4.50. The van der Waals surface area contributed by atoms with Crippen molar-refractivity contribution in [2.75, 3.05) is 6.54 Å². The van der Waals surface area contributed by atoms with E-state index >= 15 is 0 Å². The van der Waals surface area contributed by atoms with Gasteiger partial charge in [-0.1, -0.05) is 42.8 Å². The topological polar surface area (TPSA) is 63.5 Å². The van der Waals surface area contributed by atoms with Gasteiger partial charge in [0.25, 0.3) is 0 Å². The fraction of sp³-hybridized carbons (Fsp3) is 0.211. The number of hydrogen-bond acceptors (Lipinski definition) is 4. The van der Waals surface area contributed by atoms with Crippen LogP contribution in [0.2, 0.25) is 5.02 Å². The van der Waals surface area contributed by atoms with Gasteiger partial charge in [0.05, 0.1) is 16.4 Å². The van der Waals surface area contributed by atoms with Gasteiger partial charge in [-0.25, -0.2) is 18.1 Å². The van der Waals surface area contributed by atoms with Crippen LogP contribution >= 0.6 is 22.9 Å². The van der Waals surface area contributed by atoms with Crippen molar-refractivity contribution in [3.05, 3.63) is 63.7 Å². The van der Waals surface area contributed by atoms with E-state index in [9.17, 15) is 8.42 Å². The lowest BCUT2D eigenvalue weighted by Crippen LogP contribution is -2.24. The zero-order valence-corrected chi connectivity index (χ0v) is 17.4. The lowest BCUT2D eigenvalue weighted by Gasteiger charge is -2.10. The molecule has 8 heteroatoms. The molecule has 0 amide bonds. The molecule has 0 saturated carbocycles. The Morgan fingerprint density at radius 2 is 1.93 bits per heavy atom. The Labute approximate surface area is 168 Å². The molecule has 0 aliphatic heterocycles. The first-order valence-electron chi connectivity index (χ1n) is 8.46. The van der Waals surface area contributed by atoms with Crippen LogP contribution in [0.25, 0.3) is 11.3 Å². The van der Waals surface area contributed by atoms with E-state index in [4.69, 9.17) is 11.6 Å². The van der Waals surface area contributed by atoms with Crippen LogP contribution in [-0.2, 0) is 17.1 Å². The zero-order valence-electron chi connectivity index (χ0n) is 15.0. The minimum Gasteiger partial charge on any atom is -0.320 e. The van der Waals surface area contributed by atoms with Gasteiger partial charge >= 0.3 is 0 Å². The van der Waals surface area contributed by atoms with Gasteiger partial charge in [0.2, 0.25) is 10.0 Å². The molecule has 3 rings (SSSR count). The number of benzene rings is 2. The number of rotatable bonds is 6. The predicted octanol–water partition coefficient (Wildman–Crippen LogP) is 4.33. The van der Waals surface area contributed by atoms with Crippen molar-refractivity contribution in [1.29, 1.82) is 0 Å². The van der Waals surface area contributed by atoms with E-state index in [1.165, 1.54) is 11.3 Å². The normalized spacial score (nSPS) is 12.5. The number of thiazole rings is 1. The van der Waals surface area contributed by atoms with Crippen LogP contribution in [-0.4, -0.2) is 19.5 Å². The van der Waals surface area contributed by atoms with Crippen LogP contribution in [0, 0.1) is 0 Å². The molecule has 1 N–H and O–H groups in total. The summed E-state index contributed by atoms with van der Waals surface area (Å²) in [5, 5.41) is 2.16. The molecule has 0 spiro atoms. The smallest absolute Gasteiger partial charge is 0.242 e. The van der Waals surface area contributed by atoms with E-state index in [0.717, 1.165) is 21.7 Å². The standard InChI is InChI=1S/C19H20ClN3O2S2/c1-3-11-21-27(24,25)18-12-14(9-10-16(18)20)17-13-26-19(23(17)2)22-15-7-5-4-6-8-15/h4-10,12-13,21H,3,11H2,1-2H3. The van der Waals surface area contributed by atoms with Crippen molar-refractivity contribution in [2.45, 2.75) is 18.2 Å². The number of halogens is 1. The average Bonchev–Trinajstić information content (AvgIpc) is 3.02. The molecule has 1 heterocycles. The summed E-state index contributed by atoms with van der Waals surface area (Å²) in [4.78, 5) is 5.55. The summed E-state index contributed by atoms with van der Waals surface area (Å²) >= 11 is 7.65. The van der Waals surface area contributed by atoms with Crippen molar-refractivity contribution in [3.63, 3.8) is 0 Å². The Hall–Kier alpha value is -1.93. The second-order valence-electron chi connectivity index (χ2n) is 5.95. The Morgan fingerprint density at radius 1 is 1.19 bits per heavy atom. The molecule has 2 aromatic carbocycles. The van der Waals surface area contributed by atoms with E-state index in [-0.39, 0.29) is 9.92 Å². The molecular formula is C19H20ClN3O2S2. The highest BCUT2D eigenvalue weighted by molar-refractivity contribution is 7.89. The number of nitrogens with zero attached hydrogens (tertiary/aromatic N) is 2. The van der Waals surface area contributed by atoms with Crippen molar-refractivity contribution in [2.24, 2.45) is 12.0 Å². The molecule has 142 valence electrons. The maximum absolute atomic E-state index is 12.5. The van der Waals surface area contributed by atoms with Crippen LogP contribution in [0.5, 0.6) is 0 Å². The quantitative estimate of drug-likeness (QED) is 0.643. The van der Waals surface area contributed by atoms with Gasteiger partial charge in [-0.05, 0) is 30.7 Å². The highest BCUT2D eigenvalue weighted by Crippen LogP contribution is 2.28. The third-order valence-corrected chi connectivity index (χ3v) is 6.82. The van der Waals surface area contributed by atoms with Crippen molar-refractivity contribution < 1.29 is 8.42 Å². The first kappa shape index (κ1) is 19.8. The summed E-state index contributed by atoms with van der Waals surface area (Å²) in [6.07, 6.45) is 0.709. The van der Waals surface area contributed by atoms with E-state index in [2.05, 4.69) is 9.71 Å².